The summed E-state index contributed by atoms with van der Waals surface area (Å²) in [5.74, 6) is -0.0889. The van der Waals surface area contributed by atoms with Crippen molar-refractivity contribution < 1.29 is 9.21 Å². The van der Waals surface area contributed by atoms with E-state index in [1.807, 2.05) is 50.2 Å². The topological polar surface area (TPSA) is 50.5 Å². The van der Waals surface area contributed by atoms with Crippen molar-refractivity contribution in [2.45, 2.75) is 26.3 Å². The Hall–Kier alpha value is -2.88. The number of benzene rings is 2. The van der Waals surface area contributed by atoms with Crippen molar-refractivity contribution in [1.29, 1.82) is 0 Å². The second kappa shape index (κ2) is 5.59. The van der Waals surface area contributed by atoms with Gasteiger partial charge in [0.05, 0.1) is 17.0 Å². The number of amides is 1. The number of aryl methyl sites for hydroxylation is 2. The standard InChI is InChI=1S/C21H19NO3/c1-4-13-7-10-16-15(11-13)19(23)17-18(14-8-5-12(2)6-9-14)22(3)21(24)20(17)25-16/h5-11,18H,4H2,1-3H3. The molecule has 3 aromatic rings. The van der Waals surface area contributed by atoms with Crippen molar-refractivity contribution in [2.24, 2.45) is 0 Å². The Labute approximate surface area is 145 Å². The molecule has 1 aromatic heterocycles. The molecule has 1 unspecified atom stereocenters. The van der Waals surface area contributed by atoms with Crippen LogP contribution in [0.1, 0.15) is 45.8 Å². The highest BCUT2D eigenvalue weighted by atomic mass is 16.3. The first kappa shape index (κ1) is 15.6. The average molecular weight is 333 g/mol. The Bertz CT molecular complexity index is 1050. The Balaban J connectivity index is 2.01. The first-order valence-corrected chi connectivity index (χ1v) is 8.44. The van der Waals surface area contributed by atoms with Crippen LogP contribution in [-0.4, -0.2) is 17.9 Å². The molecule has 2 aromatic carbocycles. The number of rotatable bonds is 2. The minimum atomic E-state index is -0.408. The zero-order chi connectivity index (χ0) is 17.7. The summed E-state index contributed by atoms with van der Waals surface area (Å²) in [7, 11) is 1.71. The second-order valence-electron chi connectivity index (χ2n) is 6.59. The fraction of sp³-hybridized carbons (Fsp3) is 0.238. The molecule has 1 amide bonds. The van der Waals surface area contributed by atoms with Crippen molar-refractivity contribution in [3.8, 4) is 0 Å². The van der Waals surface area contributed by atoms with E-state index in [1.54, 1.807) is 18.0 Å². The van der Waals surface area contributed by atoms with Crippen LogP contribution in [0, 0.1) is 6.92 Å². The molecular weight excluding hydrogens is 314 g/mol. The second-order valence-corrected chi connectivity index (χ2v) is 6.59. The fourth-order valence-electron chi connectivity index (χ4n) is 3.49. The van der Waals surface area contributed by atoms with E-state index in [-0.39, 0.29) is 17.1 Å². The molecule has 4 nitrogen and oxygen atoms in total. The molecular formula is C21H19NO3. The normalized spacial score (nSPS) is 16.5. The zero-order valence-electron chi connectivity index (χ0n) is 14.5. The summed E-state index contributed by atoms with van der Waals surface area (Å²) < 4.78 is 5.85. The molecule has 0 spiro atoms. The van der Waals surface area contributed by atoms with Gasteiger partial charge >= 0.3 is 0 Å². The van der Waals surface area contributed by atoms with Gasteiger partial charge in [0.2, 0.25) is 5.76 Å². The van der Waals surface area contributed by atoms with Crippen molar-refractivity contribution in [2.75, 3.05) is 7.05 Å². The van der Waals surface area contributed by atoms with Crippen molar-refractivity contribution in [1.82, 2.24) is 4.90 Å². The van der Waals surface area contributed by atoms with Gasteiger partial charge < -0.3 is 9.32 Å². The fourth-order valence-corrected chi connectivity index (χ4v) is 3.49. The van der Waals surface area contributed by atoms with Gasteiger partial charge in [0.1, 0.15) is 5.58 Å². The minimum Gasteiger partial charge on any atom is -0.450 e. The first-order chi connectivity index (χ1) is 12.0. The first-order valence-electron chi connectivity index (χ1n) is 8.44. The van der Waals surface area contributed by atoms with Crippen LogP contribution in [0.25, 0.3) is 11.0 Å². The SMILES string of the molecule is CCc1ccc2oc3c(c(=O)c2c1)C(c1ccc(C)cc1)N(C)C3=O. The van der Waals surface area contributed by atoms with Gasteiger partial charge in [-0.3, -0.25) is 9.59 Å². The Morgan fingerprint density at radius 1 is 1.08 bits per heavy atom. The van der Waals surface area contributed by atoms with Crippen LogP contribution in [0.4, 0.5) is 0 Å². The molecule has 126 valence electrons. The summed E-state index contributed by atoms with van der Waals surface area (Å²) in [5.41, 5.74) is 3.91. The molecule has 1 aliphatic rings. The maximum Gasteiger partial charge on any atom is 0.290 e. The zero-order valence-corrected chi connectivity index (χ0v) is 14.5. The van der Waals surface area contributed by atoms with E-state index in [0.717, 1.165) is 23.1 Å². The smallest absolute Gasteiger partial charge is 0.290 e. The molecule has 0 saturated heterocycles. The summed E-state index contributed by atoms with van der Waals surface area (Å²) in [6.45, 7) is 4.05. The average Bonchev–Trinajstić information content (AvgIpc) is 2.87. The van der Waals surface area contributed by atoms with Crippen LogP contribution < -0.4 is 5.43 Å². The highest BCUT2D eigenvalue weighted by Gasteiger charge is 2.40. The van der Waals surface area contributed by atoms with E-state index in [9.17, 15) is 9.59 Å². The van der Waals surface area contributed by atoms with Crippen molar-refractivity contribution >= 4 is 16.9 Å². The molecule has 0 bridgehead atoms. The van der Waals surface area contributed by atoms with Crippen LogP contribution in [0.3, 0.4) is 0 Å². The maximum absolute atomic E-state index is 13.2. The lowest BCUT2D eigenvalue weighted by molar-refractivity contribution is 0.0771. The molecule has 0 N–H and O–H groups in total. The number of nitrogens with zero attached hydrogens (tertiary/aromatic N) is 1. The van der Waals surface area contributed by atoms with Gasteiger partial charge in [0, 0.05) is 7.05 Å². The van der Waals surface area contributed by atoms with E-state index in [0.29, 0.717) is 16.5 Å². The number of carbonyl (C=O) groups excluding carboxylic acids is 1. The Kier molecular flexibility index (Phi) is 3.49. The highest BCUT2D eigenvalue weighted by molar-refractivity contribution is 5.98. The molecule has 0 saturated carbocycles. The molecule has 25 heavy (non-hydrogen) atoms. The van der Waals surface area contributed by atoms with Gasteiger partial charge in [-0.15, -0.1) is 0 Å². The third kappa shape index (κ3) is 2.29. The maximum atomic E-state index is 13.2. The molecule has 2 heterocycles. The van der Waals surface area contributed by atoms with E-state index in [4.69, 9.17) is 4.42 Å². The largest absolute Gasteiger partial charge is 0.450 e. The number of hydrogen-bond acceptors (Lipinski definition) is 3. The molecule has 0 radical (unpaired) electrons. The van der Waals surface area contributed by atoms with Crippen molar-refractivity contribution in [3.63, 3.8) is 0 Å². The molecule has 4 heteroatoms. The van der Waals surface area contributed by atoms with Crippen LogP contribution >= 0.6 is 0 Å². The van der Waals surface area contributed by atoms with Crippen LogP contribution in [0.2, 0.25) is 0 Å². The van der Waals surface area contributed by atoms with Gasteiger partial charge in [-0.2, -0.15) is 0 Å². The van der Waals surface area contributed by atoms with Gasteiger partial charge in [0.25, 0.3) is 5.91 Å². The molecule has 0 fully saturated rings. The Morgan fingerprint density at radius 2 is 1.80 bits per heavy atom. The van der Waals surface area contributed by atoms with Gasteiger partial charge in [-0.25, -0.2) is 0 Å². The van der Waals surface area contributed by atoms with Gasteiger partial charge in [0.15, 0.2) is 5.43 Å². The number of fused-ring (bicyclic) bond motifs is 2. The highest BCUT2D eigenvalue weighted by Crippen LogP contribution is 2.37. The quantitative estimate of drug-likeness (QED) is 0.716. The van der Waals surface area contributed by atoms with E-state index in [1.165, 1.54) is 0 Å². The monoisotopic (exact) mass is 333 g/mol. The summed E-state index contributed by atoms with van der Waals surface area (Å²) in [4.78, 5) is 27.4. The lowest BCUT2D eigenvalue weighted by Crippen LogP contribution is -2.25. The predicted molar refractivity (Wildman–Crippen MR) is 97.0 cm³/mol. The van der Waals surface area contributed by atoms with Gasteiger partial charge in [-0.05, 0) is 36.6 Å². The van der Waals surface area contributed by atoms with Crippen LogP contribution in [-0.2, 0) is 6.42 Å². The molecule has 0 aliphatic carbocycles. The summed E-state index contributed by atoms with van der Waals surface area (Å²) in [5, 5.41) is 0.540. The van der Waals surface area contributed by atoms with Crippen LogP contribution in [0.5, 0.6) is 0 Å². The number of hydrogen-bond donors (Lipinski definition) is 0. The summed E-state index contributed by atoms with van der Waals surface area (Å²) >= 11 is 0. The summed E-state index contributed by atoms with van der Waals surface area (Å²) in [6.07, 6.45) is 0.840. The van der Waals surface area contributed by atoms with Gasteiger partial charge in [-0.1, -0.05) is 42.8 Å². The lowest BCUT2D eigenvalue weighted by atomic mass is 9.97. The molecule has 1 atom stereocenters. The lowest BCUT2D eigenvalue weighted by Gasteiger charge is -2.20. The van der Waals surface area contributed by atoms with Crippen LogP contribution in [0.15, 0.2) is 51.7 Å². The minimum absolute atomic E-state index is 0.116. The Morgan fingerprint density at radius 3 is 2.48 bits per heavy atom. The molecule has 1 aliphatic heterocycles. The van der Waals surface area contributed by atoms with E-state index in [2.05, 4.69) is 0 Å². The van der Waals surface area contributed by atoms with Crippen molar-refractivity contribution in [3.05, 3.63) is 80.7 Å². The summed E-state index contributed by atoms with van der Waals surface area (Å²) in [6, 6.07) is 13.1. The number of carbonyl (C=O) groups is 1. The van der Waals surface area contributed by atoms with E-state index < -0.39 is 6.04 Å². The third-order valence-electron chi connectivity index (χ3n) is 4.97. The molecule has 4 rings (SSSR count). The predicted octanol–water partition coefficient (Wildman–Crippen LogP) is 3.84. The van der Waals surface area contributed by atoms with E-state index >= 15 is 0 Å². The third-order valence-corrected chi connectivity index (χ3v) is 4.97.